The van der Waals surface area contributed by atoms with Crippen molar-refractivity contribution in [3.05, 3.63) is 0 Å². The lowest BCUT2D eigenvalue weighted by molar-refractivity contribution is -0.143. The molecule has 116 valence electrons. The zero-order chi connectivity index (χ0) is 14.8. The lowest BCUT2D eigenvalue weighted by atomic mass is 9.98. The van der Waals surface area contributed by atoms with Gasteiger partial charge in [-0.25, -0.2) is 0 Å². The van der Waals surface area contributed by atoms with Crippen LogP contribution in [0.25, 0.3) is 0 Å². The van der Waals surface area contributed by atoms with Crippen LogP contribution in [0.1, 0.15) is 65.2 Å². The van der Waals surface area contributed by atoms with Gasteiger partial charge in [0.05, 0.1) is 0 Å². The van der Waals surface area contributed by atoms with Gasteiger partial charge in [-0.15, -0.1) is 0 Å². The Kier molecular flexibility index (Phi) is 5.08. The largest absolute Gasteiger partial charge is 0.480 e. The summed E-state index contributed by atoms with van der Waals surface area (Å²) in [5.41, 5.74) is 5.07. The van der Waals surface area contributed by atoms with E-state index >= 15 is 0 Å². The van der Waals surface area contributed by atoms with Crippen LogP contribution in [0.5, 0.6) is 0 Å². The van der Waals surface area contributed by atoms with Gasteiger partial charge in [-0.3, -0.25) is 9.69 Å². The molecule has 0 heterocycles. The molecule has 20 heavy (non-hydrogen) atoms. The first kappa shape index (κ1) is 15.8. The van der Waals surface area contributed by atoms with E-state index in [1.807, 2.05) is 0 Å². The molecule has 0 bridgehead atoms. The maximum Gasteiger partial charge on any atom is 0.323 e. The topological polar surface area (TPSA) is 66.6 Å². The minimum absolute atomic E-state index is 0.373. The summed E-state index contributed by atoms with van der Waals surface area (Å²) in [6.07, 6.45) is 8.58. The Morgan fingerprint density at radius 1 is 1.30 bits per heavy atom. The third-order valence-corrected chi connectivity index (χ3v) is 5.18. The fourth-order valence-electron chi connectivity index (χ4n) is 3.83. The lowest BCUT2D eigenvalue weighted by Crippen LogP contribution is -2.48. The van der Waals surface area contributed by atoms with Crippen LogP contribution in [0.15, 0.2) is 0 Å². The Hall–Kier alpha value is -0.610. The predicted molar refractivity (Wildman–Crippen MR) is 80.6 cm³/mol. The Morgan fingerprint density at radius 2 is 1.95 bits per heavy atom. The summed E-state index contributed by atoms with van der Waals surface area (Å²) in [6.45, 7) is 5.61. The number of carboxylic acid groups (broad SMARTS) is 1. The van der Waals surface area contributed by atoms with Gasteiger partial charge in [0, 0.05) is 12.1 Å². The molecule has 4 heteroatoms. The van der Waals surface area contributed by atoms with Crippen molar-refractivity contribution in [1.82, 2.24) is 4.90 Å². The quantitative estimate of drug-likeness (QED) is 0.786. The van der Waals surface area contributed by atoms with E-state index in [1.54, 1.807) is 0 Å². The summed E-state index contributed by atoms with van der Waals surface area (Å²) in [4.78, 5) is 13.9. The second-order valence-electron chi connectivity index (χ2n) is 7.22. The number of nitrogens with two attached hydrogens (primary N) is 1. The maximum absolute atomic E-state index is 11.3. The summed E-state index contributed by atoms with van der Waals surface area (Å²) in [6, 6.07) is 1.04. The molecule has 4 nitrogen and oxygen atoms in total. The standard InChI is InChI=1S/C16H30N2O2/c1-12(2)8-10-18(13-5-3-4-6-13)14-7-9-16(17,11-14)15(19)20/h12-14H,3-11,17H2,1-2H3,(H,19,20). The molecule has 2 aliphatic rings. The normalized spacial score (nSPS) is 31.6. The van der Waals surface area contributed by atoms with Crippen LogP contribution in [-0.4, -0.2) is 40.1 Å². The molecule has 0 aromatic rings. The fourth-order valence-corrected chi connectivity index (χ4v) is 3.83. The van der Waals surface area contributed by atoms with Gasteiger partial charge in [0.25, 0.3) is 0 Å². The molecule has 2 rings (SSSR count). The monoisotopic (exact) mass is 282 g/mol. The van der Waals surface area contributed by atoms with Crippen molar-refractivity contribution in [1.29, 1.82) is 0 Å². The lowest BCUT2D eigenvalue weighted by Gasteiger charge is -2.35. The highest BCUT2D eigenvalue weighted by Gasteiger charge is 2.45. The predicted octanol–water partition coefficient (Wildman–Crippen LogP) is 2.61. The van der Waals surface area contributed by atoms with Gasteiger partial charge in [0.2, 0.25) is 0 Å². The Labute approximate surface area is 122 Å². The van der Waals surface area contributed by atoms with Crippen LogP contribution < -0.4 is 5.73 Å². The van der Waals surface area contributed by atoms with Crippen LogP contribution in [0.4, 0.5) is 0 Å². The van der Waals surface area contributed by atoms with Gasteiger partial charge in [-0.05, 0) is 51.0 Å². The summed E-state index contributed by atoms with van der Waals surface area (Å²) >= 11 is 0. The minimum atomic E-state index is -0.987. The molecule has 0 aromatic carbocycles. The van der Waals surface area contributed by atoms with Crippen molar-refractivity contribution < 1.29 is 9.90 Å². The molecule has 0 spiro atoms. The highest BCUT2D eigenvalue weighted by Crippen LogP contribution is 2.36. The van der Waals surface area contributed by atoms with Crippen molar-refractivity contribution in [3.63, 3.8) is 0 Å². The van der Waals surface area contributed by atoms with Crippen molar-refractivity contribution in [3.8, 4) is 0 Å². The third kappa shape index (κ3) is 3.53. The van der Waals surface area contributed by atoms with Crippen molar-refractivity contribution in [2.24, 2.45) is 11.7 Å². The Bertz CT molecular complexity index is 339. The van der Waals surface area contributed by atoms with Gasteiger partial charge in [-0.1, -0.05) is 26.7 Å². The second kappa shape index (κ2) is 6.44. The van der Waals surface area contributed by atoms with E-state index in [1.165, 1.54) is 32.1 Å². The van der Waals surface area contributed by atoms with E-state index in [2.05, 4.69) is 18.7 Å². The number of carboxylic acids is 1. The van der Waals surface area contributed by atoms with E-state index in [4.69, 9.17) is 5.73 Å². The molecular formula is C16H30N2O2. The van der Waals surface area contributed by atoms with E-state index in [9.17, 15) is 9.90 Å². The molecule has 0 saturated heterocycles. The number of rotatable bonds is 6. The van der Waals surface area contributed by atoms with Crippen LogP contribution in [0.3, 0.4) is 0 Å². The summed E-state index contributed by atoms with van der Waals surface area (Å²) < 4.78 is 0. The molecule has 2 atom stereocenters. The Morgan fingerprint density at radius 3 is 2.45 bits per heavy atom. The molecule has 0 aromatic heterocycles. The summed E-state index contributed by atoms with van der Waals surface area (Å²) in [7, 11) is 0. The summed E-state index contributed by atoms with van der Waals surface area (Å²) in [5, 5.41) is 9.31. The molecule has 3 N–H and O–H groups in total. The molecule has 2 aliphatic carbocycles. The van der Waals surface area contributed by atoms with Gasteiger partial charge in [-0.2, -0.15) is 0 Å². The first-order valence-corrected chi connectivity index (χ1v) is 8.20. The molecule has 2 fully saturated rings. The van der Waals surface area contributed by atoms with Crippen molar-refractivity contribution in [2.45, 2.75) is 82.8 Å². The molecule has 0 aliphatic heterocycles. The zero-order valence-corrected chi connectivity index (χ0v) is 13.0. The zero-order valence-electron chi connectivity index (χ0n) is 13.0. The van der Waals surface area contributed by atoms with Crippen LogP contribution in [-0.2, 0) is 4.79 Å². The molecule has 2 unspecified atom stereocenters. The molecular weight excluding hydrogens is 252 g/mol. The first-order valence-electron chi connectivity index (χ1n) is 8.20. The average molecular weight is 282 g/mol. The van der Waals surface area contributed by atoms with Gasteiger partial charge in [0.15, 0.2) is 0 Å². The number of carbonyl (C=O) groups is 1. The van der Waals surface area contributed by atoms with E-state index in [0.717, 1.165) is 13.0 Å². The molecule has 0 amide bonds. The highest BCUT2D eigenvalue weighted by atomic mass is 16.4. The van der Waals surface area contributed by atoms with Gasteiger partial charge < -0.3 is 10.8 Å². The third-order valence-electron chi connectivity index (χ3n) is 5.18. The van der Waals surface area contributed by atoms with Crippen LogP contribution >= 0.6 is 0 Å². The van der Waals surface area contributed by atoms with Gasteiger partial charge in [0.1, 0.15) is 5.54 Å². The second-order valence-corrected chi connectivity index (χ2v) is 7.22. The number of hydrogen-bond acceptors (Lipinski definition) is 3. The van der Waals surface area contributed by atoms with E-state index in [-0.39, 0.29) is 0 Å². The van der Waals surface area contributed by atoms with E-state index < -0.39 is 11.5 Å². The van der Waals surface area contributed by atoms with Crippen molar-refractivity contribution in [2.75, 3.05) is 6.54 Å². The SMILES string of the molecule is CC(C)CCN(C1CCCC1)C1CCC(N)(C(=O)O)C1. The average Bonchev–Trinajstić information content (AvgIpc) is 3.00. The van der Waals surface area contributed by atoms with Crippen LogP contribution in [0, 0.1) is 5.92 Å². The van der Waals surface area contributed by atoms with Crippen molar-refractivity contribution >= 4 is 5.97 Å². The fraction of sp³-hybridized carbons (Fsp3) is 0.938. The highest BCUT2D eigenvalue weighted by molar-refractivity contribution is 5.79. The van der Waals surface area contributed by atoms with E-state index in [0.29, 0.717) is 30.8 Å². The molecule has 2 saturated carbocycles. The maximum atomic E-state index is 11.3. The molecule has 0 radical (unpaired) electrons. The van der Waals surface area contributed by atoms with Crippen LogP contribution in [0.2, 0.25) is 0 Å². The first-order chi connectivity index (χ1) is 9.42. The Balaban J connectivity index is 2.01. The summed E-state index contributed by atoms with van der Waals surface area (Å²) in [5.74, 6) is -0.127. The smallest absolute Gasteiger partial charge is 0.323 e. The number of hydrogen-bond donors (Lipinski definition) is 2. The number of aliphatic carboxylic acids is 1. The number of nitrogens with zero attached hydrogens (tertiary/aromatic N) is 1. The minimum Gasteiger partial charge on any atom is -0.480 e. The van der Waals surface area contributed by atoms with Gasteiger partial charge >= 0.3 is 5.97 Å².